The Hall–Kier alpha value is -0.540. The monoisotopic (exact) mass is 336 g/mol. The summed E-state index contributed by atoms with van der Waals surface area (Å²) in [4.78, 5) is 0. The second-order valence-electron chi connectivity index (χ2n) is 6.20. The van der Waals surface area contributed by atoms with Crippen LogP contribution in [0.25, 0.3) is 0 Å². The van der Waals surface area contributed by atoms with Crippen molar-refractivity contribution in [3.63, 3.8) is 0 Å². The minimum absolute atomic E-state index is 0.650. The smallest absolute Gasteiger partial charge is 0.0375 e. The van der Waals surface area contributed by atoms with Crippen LogP contribution in [0.5, 0.6) is 0 Å². The van der Waals surface area contributed by atoms with Crippen LogP contribution in [0.3, 0.4) is 0 Å². The van der Waals surface area contributed by atoms with E-state index in [-0.39, 0.29) is 0 Å². The highest BCUT2D eigenvalue weighted by Gasteiger charge is 2.35. The Balaban J connectivity index is 1.73. The van der Waals surface area contributed by atoms with Gasteiger partial charge < -0.3 is 10.6 Å². The summed E-state index contributed by atoms with van der Waals surface area (Å²) >= 11 is 3.58. The fourth-order valence-electron chi connectivity index (χ4n) is 3.92. The van der Waals surface area contributed by atoms with Gasteiger partial charge >= 0.3 is 0 Å². The molecule has 1 aliphatic carbocycles. The normalized spacial score (nSPS) is 29.8. The second-order valence-corrected chi connectivity index (χ2v) is 7.12. The summed E-state index contributed by atoms with van der Waals surface area (Å²) in [5.74, 6) is 0.811. The summed E-state index contributed by atoms with van der Waals surface area (Å²) in [6.45, 7) is 3.45. The van der Waals surface area contributed by atoms with Crippen LogP contribution in [0.1, 0.15) is 44.6 Å². The lowest BCUT2D eigenvalue weighted by atomic mass is 9.92. The minimum Gasteiger partial charge on any atom is -0.382 e. The molecule has 3 atom stereocenters. The number of halogens is 1. The zero-order valence-electron chi connectivity index (χ0n) is 12.3. The molecule has 0 aromatic heterocycles. The van der Waals surface area contributed by atoms with Crippen LogP contribution in [0.15, 0.2) is 22.7 Å². The van der Waals surface area contributed by atoms with Gasteiger partial charge in [0.25, 0.3) is 0 Å². The number of hydrogen-bond donors (Lipinski definition) is 2. The molecule has 110 valence electrons. The predicted octanol–water partition coefficient (Wildman–Crippen LogP) is 4.34. The number of rotatable bonds is 4. The average Bonchev–Trinajstić information content (AvgIpc) is 3.11. The van der Waals surface area contributed by atoms with E-state index in [1.807, 2.05) is 0 Å². The highest BCUT2D eigenvalue weighted by molar-refractivity contribution is 9.10. The van der Waals surface area contributed by atoms with Gasteiger partial charge in [0.15, 0.2) is 0 Å². The van der Waals surface area contributed by atoms with Gasteiger partial charge in [-0.05, 0) is 68.3 Å². The Morgan fingerprint density at radius 3 is 2.90 bits per heavy atom. The maximum atomic E-state index is 3.85. The van der Waals surface area contributed by atoms with E-state index < -0.39 is 0 Å². The number of benzene rings is 1. The van der Waals surface area contributed by atoms with E-state index in [2.05, 4.69) is 51.7 Å². The van der Waals surface area contributed by atoms with Gasteiger partial charge in [0, 0.05) is 22.2 Å². The molecule has 1 saturated heterocycles. The third-order valence-corrected chi connectivity index (χ3v) is 5.47. The maximum Gasteiger partial charge on any atom is 0.0375 e. The number of aryl methyl sites for hydroxylation is 1. The van der Waals surface area contributed by atoms with Crippen molar-refractivity contribution in [3.8, 4) is 0 Å². The van der Waals surface area contributed by atoms with Gasteiger partial charge in [0.1, 0.15) is 0 Å². The second kappa shape index (κ2) is 6.48. The molecule has 2 aliphatic rings. The third-order valence-electron chi connectivity index (χ3n) is 4.97. The van der Waals surface area contributed by atoms with Crippen LogP contribution < -0.4 is 10.6 Å². The molecule has 20 heavy (non-hydrogen) atoms. The third kappa shape index (κ3) is 3.04. The lowest BCUT2D eigenvalue weighted by Gasteiger charge is -2.28. The van der Waals surface area contributed by atoms with Gasteiger partial charge in [0.2, 0.25) is 0 Å². The Morgan fingerprint density at radius 1 is 1.25 bits per heavy atom. The standard InChI is InChI=1S/C17H25BrN2/c1-2-12-11-13(18)8-9-15(12)20-17-6-3-5-14(17)16-7-4-10-19-16/h8-9,11,14,16-17,19-20H,2-7,10H2,1H3. The van der Waals surface area contributed by atoms with Crippen molar-refractivity contribution in [1.82, 2.24) is 5.32 Å². The molecule has 3 heteroatoms. The molecule has 0 radical (unpaired) electrons. The first-order chi connectivity index (χ1) is 9.78. The maximum absolute atomic E-state index is 3.85. The molecule has 1 aromatic carbocycles. The van der Waals surface area contributed by atoms with Crippen LogP contribution in [0, 0.1) is 5.92 Å². The SMILES string of the molecule is CCc1cc(Br)ccc1NC1CCCC1C1CCCN1. The van der Waals surface area contributed by atoms with Crippen molar-refractivity contribution in [2.75, 3.05) is 11.9 Å². The summed E-state index contributed by atoms with van der Waals surface area (Å²) in [6.07, 6.45) is 7.88. The lowest BCUT2D eigenvalue weighted by molar-refractivity contribution is 0.376. The number of anilines is 1. The zero-order chi connectivity index (χ0) is 13.9. The van der Waals surface area contributed by atoms with E-state index in [9.17, 15) is 0 Å². The molecule has 1 heterocycles. The van der Waals surface area contributed by atoms with Crippen LogP contribution in [0.2, 0.25) is 0 Å². The largest absolute Gasteiger partial charge is 0.382 e. The highest BCUT2D eigenvalue weighted by Crippen LogP contribution is 2.35. The molecule has 2 nitrogen and oxygen atoms in total. The average molecular weight is 337 g/mol. The molecule has 2 fully saturated rings. The summed E-state index contributed by atoms with van der Waals surface area (Å²) in [6, 6.07) is 8.03. The topological polar surface area (TPSA) is 24.1 Å². The van der Waals surface area contributed by atoms with Crippen molar-refractivity contribution < 1.29 is 0 Å². The van der Waals surface area contributed by atoms with E-state index in [0.717, 1.165) is 18.4 Å². The van der Waals surface area contributed by atoms with Crippen LogP contribution in [0.4, 0.5) is 5.69 Å². The Morgan fingerprint density at radius 2 is 2.15 bits per heavy atom. The van der Waals surface area contributed by atoms with Crippen LogP contribution in [-0.2, 0) is 6.42 Å². The Labute approximate surface area is 130 Å². The summed E-state index contributed by atoms with van der Waals surface area (Å²) in [7, 11) is 0. The Bertz CT molecular complexity index is 454. The van der Waals surface area contributed by atoms with Gasteiger partial charge in [-0.2, -0.15) is 0 Å². The van der Waals surface area contributed by atoms with Gasteiger partial charge in [-0.25, -0.2) is 0 Å². The molecule has 2 N–H and O–H groups in total. The van der Waals surface area contributed by atoms with E-state index in [1.165, 1.54) is 54.4 Å². The van der Waals surface area contributed by atoms with Crippen molar-refractivity contribution >= 4 is 21.6 Å². The van der Waals surface area contributed by atoms with Gasteiger partial charge in [-0.3, -0.25) is 0 Å². The van der Waals surface area contributed by atoms with E-state index >= 15 is 0 Å². The van der Waals surface area contributed by atoms with E-state index in [4.69, 9.17) is 0 Å². The van der Waals surface area contributed by atoms with Gasteiger partial charge in [-0.1, -0.05) is 29.3 Å². The fourth-order valence-corrected chi connectivity index (χ4v) is 4.33. The van der Waals surface area contributed by atoms with Crippen molar-refractivity contribution in [2.24, 2.45) is 5.92 Å². The van der Waals surface area contributed by atoms with Gasteiger partial charge in [0.05, 0.1) is 0 Å². The minimum atomic E-state index is 0.650. The first kappa shape index (κ1) is 14.4. The molecule has 1 aliphatic heterocycles. The zero-order valence-corrected chi connectivity index (χ0v) is 13.9. The molecule has 0 bridgehead atoms. The van der Waals surface area contributed by atoms with Gasteiger partial charge in [-0.15, -0.1) is 0 Å². The van der Waals surface area contributed by atoms with Crippen molar-refractivity contribution in [2.45, 2.75) is 57.5 Å². The van der Waals surface area contributed by atoms with E-state index in [1.54, 1.807) is 0 Å². The number of nitrogens with one attached hydrogen (secondary N) is 2. The quantitative estimate of drug-likeness (QED) is 0.854. The highest BCUT2D eigenvalue weighted by atomic mass is 79.9. The molecular weight excluding hydrogens is 312 g/mol. The Kier molecular flexibility index (Phi) is 4.67. The number of hydrogen-bond acceptors (Lipinski definition) is 2. The molecule has 1 saturated carbocycles. The molecular formula is C17H25BrN2. The molecule has 0 spiro atoms. The van der Waals surface area contributed by atoms with Crippen molar-refractivity contribution in [3.05, 3.63) is 28.2 Å². The van der Waals surface area contributed by atoms with Crippen LogP contribution in [-0.4, -0.2) is 18.6 Å². The predicted molar refractivity (Wildman–Crippen MR) is 89.3 cm³/mol. The van der Waals surface area contributed by atoms with Crippen LogP contribution >= 0.6 is 15.9 Å². The lowest BCUT2D eigenvalue weighted by Crippen LogP contribution is -2.38. The molecule has 1 aromatic rings. The van der Waals surface area contributed by atoms with Crippen molar-refractivity contribution in [1.29, 1.82) is 0 Å². The summed E-state index contributed by atoms with van der Waals surface area (Å²) < 4.78 is 1.18. The first-order valence-corrected chi connectivity index (χ1v) is 8.85. The molecule has 0 amide bonds. The van der Waals surface area contributed by atoms with E-state index in [0.29, 0.717) is 6.04 Å². The fraction of sp³-hybridized carbons (Fsp3) is 0.647. The summed E-state index contributed by atoms with van der Waals surface area (Å²) in [5.41, 5.74) is 2.76. The molecule has 3 unspecified atom stereocenters. The molecule has 3 rings (SSSR count). The summed E-state index contributed by atoms with van der Waals surface area (Å²) in [5, 5.41) is 7.56. The first-order valence-electron chi connectivity index (χ1n) is 8.06.